The van der Waals surface area contributed by atoms with E-state index in [4.69, 9.17) is 0 Å². The monoisotopic (exact) mass is 224 g/mol. The molecule has 3 heteroatoms. The number of carbonyl (C=O) groups excluding carboxylic acids is 1. The van der Waals surface area contributed by atoms with Gasteiger partial charge in [-0.15, -0.1) is 0 Å². The average molecular weight is 224 g/mol. The number of rotatable bonds is 1. The molecule has 1 amide bonds. The van der Waals surface area contributed by atoms with Crippen molar-refractivity contribution in [2.45, 2.75) is 6.42 Å². The van der Waals surface area contributed by atoms with Crippen LogP contribution in [0, 0.1) is 0 Å². The maximum atomic E-state index is 11.7. The van der Waals surface area contributed by atoms with Crippen LogP contribution >= 0.6 is 0 Å². The van der Waals surface area contributed by atoms with Gasteiger partial charge in [-0.2, -0.15) is 0 Å². The maximum absolute atomic E-state index is 11.7. The molecule has 1 aromatic carbocycles. The van der Waals surface area contributed by atoms with Crippen LogP contribution in [0.5, 0.6) is 0 Å². The van der Waals surface area contributed by atoms with Gasteiger partial charge in [0, 0.05) is 24.5 Å². The number of aromatic nitrogens is 1. The Morgan fingerprint density at radius 2 is 2.06 bits per heavy atom. The normalized spacial score (nSPS) is 13.9. The highest BCUT2D eigenvalue weighted by Crippen LogP contribution is 2.34. The zero-order valence-electron chi connectivity index (χ0n) is 9.55. The van der Waals surface area contributed by atoms with Gasteiger partial charge in [0.05, 0.1) is 12.1 Å². The second-order valence-corrected chi connectivity index (χ2v) is 4.15. The van der Waals surface area contributed by atoms with Crippen molar-refractivity contribution < 1.29 is 4.79 Å². The summed E-state index contributed by atoms with van der Waals surface area (Å²) in [6.07, 6.45) is 2.24. The van der Waals surface area contributed by atoms with E-state index in [0.717, 1.165) is 22.5 Å². The van der Waals surface area contributed by atoms with Gasteiger partial charge in [-0.1, -0.05) is 18.2 Å². The van der Waals surface area contributed by atoms with E-state index in [-0.39, 0.29) is 5.91 Å². The lowest BCUT2D eigenvalue weighted by atomic mass is 10.0. The van der Waals surface area contributed by atoms with E-state index in [1.807, 2.05) is 43.4 Å². The molecule has 0 radical (unpaired) electrons. The van der Waals surface area contributed by atoms with E-state index in [1.54, 1.807) is 11.1 Å². The van der Waals surface area contributed by atoms with Crippen LogP contribution in [0.2, 0.25) is 0 Å². The molecule has 0 unspecified atom stereocenters. The van der Waals surface area contributed by atoms with Crippen molar-refractivity contribution in [3.63, 3.8) is 0 Å². The minimum Gasteiger partial charge on any atom is -0.315 e. The molecule has 17 heavy (non-hydrogen) atoms. The molecule has 0 N–H and O–H groups in total. The summed E-state index contributed by atoms with van der Waals surface area (Å²) in [7, 11) is 1.82. The third-order valence-corrected chi connectivity index (χ3v) is 3.16. The van der Waals surface area contributed by atoms with Crippen molar-refractivity contribution >= 4 is 11.6 Å². The molecular formula is C14H12N2O. The highest BCUT2D eigenvalue weighted by molar-refractivity contribution is 6.03. The number of pyridine rings is 1. The third kappa shape index (κ3) is 1.51. The minimum absolute atomic E-state index is 0.142. The molecule has 0 atom stereocenters. The molecule has 2 heterocycles. The number of amides is 1. The summed E-state index contributed by atoms with van der Waals surface area (Å²) in [5, 5.41) is 0. The first-order chi connectivity index (χ1) is 8.27. The summed E-state index contributed by atoms with van der Waals surface area (Å²) >= 11 is 0. The fourth-order valence-corrected chi connectivity index (χ4v) is 2.24. The quantitative estimate of drug-likeness (QED) is 0.744. The maximum Gasteiger partial charge on any atom is 0.231 e. The average Bonchev–Trinajstić information content (AvgIpc) is 2.67. The first-order valence-corrected chi connectivity index (χ1v) is 5.57. The molecule has 0 aliphatic carbocycles. The Labute approximate surface area is 99.7 Å². The molecule has 0 saturated carbocycles. The lowest BCUT2D eigenvalue weighted by Gasteiger charge is -2.11. The Kier molecular flexibility index (Phi) is 2.18. The molecule has 0 saturated heterocycles. The summed E-state index contributed by atoms with van der Waals surface area (Å²) in [6.45, 7) is 0. The van der Waals surface area contributed by atoms with Crippen LogP contribution in [0.1, 0.15) is 5.56 Å². The van der Waals surface area contributed by atoms with E-state index < -0.39 is 0 Å². The molecule has 1 aliphatic rings. The zero-order chi connectivity index (χ0) is 11.8. The zero-order valence-corrected chi connectivity index (χ0v) is 9.55. The molecule has 1 aromatic heterocycles. The first kappa shape index (κ1) is 10.0. The van der Waals surface area contributed by atoms with Gasteiger partial charge < -0.3 is 4.90 Å². The van der Waals surface area contributed by atoms with Gasteiger partial charge in [0.2, 0.25) is 5.91 Å². The highest BCUT2D eigenvalue weighted by Gasteiger charge is 2.26. The van der Waals surface area contributed by atoms with Crippen LogP contribution in [-0.2, 0) is 11.2 Å². The van der Waals surface area contributed by atoms with Crippen molar-refractivity contribution in [1.82, 2.24) is 4.98 Å². The smallest absolute Gasteiger partial charge is 0.231 e. The van der Waals surface area contributed by atoms with Crippen LogP contribution in [-0.4, -0.2) is 17.9 Å². The van der Waals surface area contributed by atoms with E-state index in [1.165, 1.54) is 0 Å². The molecule has 0 bridgehead atoms. The second kappa shape index (κ2) is 3.70. The molecule has 3 nitrogen and oxygen atoms in total. The highest BCUT2D eigenvalue weighted by atomic mass is 16.2. The molecule has 0 spiro atoms. The van der Waals surface area contributed by atoms with Crippen LogP contribution in [0.3, 0.4) is 0 Å². The van der Waals surface area contributed by atoms with Gasteiger partial charge in [0.25, 0.3) is 0 Å². The van der Waals surface area contributed by atoms with Crippen LogP contribution in [0.15, 0.2) is 42.6 Å². The van der Waals surface area contributed by atoms with Crippen molar-refractivity contribution in [2.24, 2.45) is 0 Å². The minimum atomic E-state index is 0.142. The van der Waals surface area contributed by atoms with Gasteiger partial charge in [-0.25, -0.2) is 0 Å². The third-order valence-electron chi connectivity index (χ3n) is 3.16. The number of hydrogen-bond acceptors (Lipinski definition) is 2. The lowest BCUT2D eigenvalue weighted by Crippen LogP contribution is -2.20. The topological polar surface area (TPSA) is 33.2 Å². The number of likely N-dealkylation sites (N-methyl/N-ethyl adjacent to an activating group) is 1. The Morgan fingerprint density at radius 3 is 2.82 bits per heavy atom. The van der Waals surface area contributed by atoms with Gasteiger partial charge in [-0.05, 0) is 23.8 Å². The molecule has 84 valence electrons. The number of carbonyl (C=O) groups is 1. The first-order valence-electron chi connectivity index (χ1n) is 5.57. The summed E-state index contributed by atoms with van der Waals surface area (Å²) in [5.74, 6) is 0.142. The van der Waals surface area contributed by atoms with Crippen molar-refractivity contribution in [3.8, 4) is 11.3 Å². The summed E-state index contributed by atoms with van der Waals surface area (Å²) in [5.41, 5.74) is 4.06. The number of hydrogen-bond donors (Lipinski definition) is 0. The van der Waals surface area contributed by atoms with Crippen LogP contribution in [0.25, 0.3) is 11.3 Å². The van der Waals surface area contributed by atoms with Crippen LogP contribution in [0.4, 0.5) is 5.69 Å². The van der Waals surface area contributed by atoms with Crippen molar-refractivity contribution in [2.75, 3.05) is 11.9 Å². The van der Waals surface area contributed by atoms with Crippen molar-refractivity contribution in [3.05, 3.63) is 48.2 Å². The fraction of sp³-hybridized carbons (Fsp3) is 0.143. The Balaban J connectivity index is 2.19. The van der Waals surface area contributed by atoms with Gasteiger partial charge >= 0.3 is 0 Å². The van der Waals surface area contributed by atoms with Gasteiger partial charge in [-0.3, -0.25) is 9.78 Å². The largest absolute Gasteiger partial charge is 0.315 e. The SMILES string of the molecule is CN1C(=O)Cc2c(-c3ccccn3)cccc21. The molecule has 3 rings (SSSR count). The number of nitrogens with zero attached hydrogens (tertiary/aromatic N) is 2. The standard InChI is InChI=1S/C14H12N2O/c1-16-13-7-4-5-10(11(13)9-14(16)17)12-6-2-3-8-15-12/h2-8H,9H2,1H3. The molecule has 0 fully saturated rings. The van der Waals surface area contributed by atoms with Gasteiger partial charge in [0.1, 0.15) is 0 Å². The Bertz CT molecular complexity index is 578. The van der Waals surface area contributed by atoms with Crippen molar-refractivity contribution in [1.29, 1.82) is 0 Å². The Morgan fingerprint density at radius 1 is 1.18 bits per heavy atom. The van der Waals surface area contributed by atoms with E-state index >= 15 is 0 Å². The summed E-state index contributed by atoms with van der Waals surface area (Å²) < 4.78 is 0. The lowest BCUT2D eigenvalue weighted by molar-refractivity contribution is -0.117. The molecule has 1 aliphatic heterocycles. The number of anilines is 1. The van der Waals surface area contributed by atoms with Crippen LogP contribution < -0.4 is 4.90 Å². The van der Waals surface area contributed by atoms with E-state index in [2.05, 4.69) is 4.98 Å². The number of benzene rings is 1. The second-order valence-electron chi connectivity index (χ2n) is 4.15. The van der Waals surface area contributed by atoms with E-state index in [9.17, 15) is 4.79 Å². The number of fused-ring (bicyclic) bond motifs is 1. The Hall–Kier alpha value is -2.16. The van der Waals surface area contributed by atoms with E-state index in [0.29, 0.717) is 6.42 Å². The molecule has 2 aromatic rings. The fourth-order valence-electron chi connectivity index (χ4n) is 2.24. The predicted molar refractivity (Wildman–Crippen MR) is 66.8 cm³/mol. The predicted octanol–water partition coefficient (Wildman–Crippen LogP) is 2.27. The molecular weight excluding hydrogens is 212 g/mol. The van der Waals surface area contributed by atoms with Gasteiger partial charge in [0.15, 0.2) is 0 Å². The summed E-state index contributed by atoms with van der Waals surface area (Å²) in [6, 6.07) is 11.8. The summed E-state index contributed by atoms with van der Waals surface area (Å²) in [4.78, 5) is 17.8.